The molecular weight excluding hydrogens is 312 g/mol. The summed E-state index contributed by atoms with van der Waals surface area (Å²) >= 11 is 0. The maximum absolute atomic E-state index is 4.68. The first kappa shape index (κ1) is 13.7. The van der Waals surface area contributed by atoms with Crippen molar-refractivity contribution >= 4 is 11.0 Å². The van der Waals surface area contributed by atoms with Crippen LogP contribution in [0.5, 0.6) is 0 Å². The summed E-state index contributed by atoms with van der Waals surface area (Å²) in [5, 5.41) is 0. The van der Waals surface area contributed by atoms with Crippen molar-refractivity contribution in [3.63, 3.8) is 0 Å². The average Bonchev–Trinajstić information content (AvgIpc) is 3.40. The number of hydrogen-bond donors (Lipinski definition) is 2. The molecule has 25 heavy (non-hydrogen) atoms. The van der Waals surface area contributed by atoms with Crippen molar-refractivity contribution in [2.45, 2.75) is 0 Å². The van der Waals surface area contributed by atoms with E-state index < -0.39 is 0 Å². The molecule has 0 radical (unpaired) electrons. The molecule has 6 heteroatoms. The van der Waals surface area contributed by atoms with Gasteiger partial charge in [0, 0.05) is 36.0 Å². The number of benzene rings is 2. The van der Waals surface area contributed by atoms with Crippen LogP contribution in [0.25, 0.3) is 39.8 Å². The van der Waals surface area contributed by atoms with Crippen LogP contribution in [0.4, 0.5) is 0 Å². The van der Waals surface area contributed by atoms with Gasteiger partial charge in [0.05, 0.1) is 11.0 Å². The standard InChI is InChI=1S/C19H14N6/c1-2-7-16-15(6-1)23-17(24-16)13-4-3-5-14(12-13)25-11-10-22-19(25)18-20-8-9-21-18/h1-12H,(H,20,21)(H,23,24). The molecule has 0 saturated heterocycles. The third kappa shape index (κ3) is 2.31. The Hall–Kier alpha value is -3.67. The Balaban J connectivity index is 1.61. The number of H-pyrrole nitrogens is 2. The molecule has 0 spiro atoms. The molecule has 5 aromatic rings. The first-order valence-electron chi connectivity index (χ1n) is 7.97. The molecular formula is C19H14N6. The normalized spacial score (nSPS) is 11.2. The molecule has 3 aromatic heterocycles. The molecule has 0 amide bonds. The van der Waals surface area contributed by atoms with Gasteiger partial charge in [-0.2, -0.15) is 0 Å². The van der Waals surface area contributed by atoms with Gasteiger partial charge in [-0.1, -0.05) is 24.3 Å². The van der Waals surface area contributed by atoms with Gasteiger partial charge in [0.2, 0.25) is 0 Å². The van der Waals surface area contributed by atoms with Crippen molar-refractivity contribution in [2.75, 3.05) is 0 Å². The monoisotopic (exact) mass is 326 g/mol. The van der Waals surface area contributed by atoms with Crippen molar-refractivity contribution in [2.24, 2.45) is 0 Å². The number of aromatic amines is 2. The molecule has 0 aliphatic carbocycles. The van der Waals surface area contributed by atoms with Gasteiger partial charge in [-0.25, -0.2) is 15.0 Å². The van der Waals surface area contributed by atoms with Crippen molar-refractivity contribution < 1.29 is 0 Å². The molecule has 0 aliphatic heterocycles. The van der Waals surface area contributed by atoms with E-state index in [1.54, 1.807) is 18.6 Å². The van der Waals surface area contributed by atoms with E-state index in [1.165, 1.54) is 0 Å². The smallest absolute Gasteiger partial charge is 0.180 e. The maximum Gasteiger partial charge on any atom is 0.180 e. The molecule has 0 aliphatic rings. The number of aromatic nitrogens is 6. The molecule has 2 N–H and O–H groups in total. The zero-order chi connectivity index (χ0) is 16.6. The lowest BCUT2D eigenvalue weighted by atomic mass is 10.2. The van der Waals surface area contributed by atoms with Crippen LogP contribution in [-0.2, 0) is 0 Å². The Morgan fingerprint density at radius 3 is 2.72 bits per heavy atom. The Morgan fingerprint density at radius 1 is 0.880 bits per heavy atom. The fraction of sp³-hybridized carbons (Fsp3) is 0. The molecule has 0 unspecified atom stereocenters. The molecule has 120 valence electrons. The SMILES string of the molecule is c1cc(-c2nc3ccccc3[nH]2)cc(-n2ccnc2-c2ncc[nH]2)c1. The van der Waals surface area contributed by atoms with E-state index in [9.17, 15) is 0 Å². The molecule has 6 nitrogen and oxygen atoms in total. The number of para-hydroxylation sites is 2. The number of rotatable bonds is 3. The topological polar surface area (TPSA) is 75.2 Å². The van der Waals surface area contributed by atoms with Gasteiger partial charge in [-0.15, -0.1) is 0 Å². The molecule has 0 atom stereocenters. The third-order valence-electron chi connectivity index (χ3n) is 4.14. The zero-order valence-electron chi connectivity index (χ0n) is 13.2. The number of hydrogen-bond acceptors (Lipinski definition) is 3. The highest BCUT2D eigenvalue weighted by Crippen LogP contribution is 2.24. The minimum absolute atomic E-state index is 0.735. The molecule has 0 bridgehead atoms. The van der Waals surface area contributed by atoms with Crippen LogP contribution in [-0.4, -0.2) is 29.5 Å². The fourth-order valence-electron chi connectivity index (χ4n) is 2.97. The highest BCUT2D eigenvalue weighted by molar-refractivity contribution is 5.79. The Bertz CT molecular complexity index is 1120. The second-order valence-electron chi connectivity index (χ2n) is 5.71. The molecule has 5 rings (SSSR count). The summed E-state index contributed by atoms with van der Waals surface area (Å²) in [4.78, 5) is 19.9. The van der Waals surface area contributed by atoms with Gasteiger partial charge in [-0.3, -0.25) is 4.57 Å². The maximum atomic E-state index is 4.68. The van der Waals surface area contributed by atoms with E-state index >= 15 is 0 Å². The zero-order valence-corrected chi connectivity index (χ0v) is 13.2. The number of fused-ring (bicyclic) bond motifs is 1. The van der Waals surface area contributed by atoms with Crippen LogP contribution in [0.1, 0.15) is 0 Å². The van der Waals surface area contributed by atoms with Gasteiger partial charge < -0.3 is 9.97 Å². The summed E-state index contributed by atoms with van der Waals surface area (Å²) in [7, 11) is 0. The summed E-state index contributed by atoms with van der Waals surface area (Å²) in [6.45, 7) is 0. The van der Waals surface area contributed by atoms with Gasteiger partial charge in [0.25, 0.3) is 0 Å². The van der Waals surface area contributed by atoms with E-state index in [0.717, 1.165) is 39.8 Å². The van der Waals surface area contributed by atoms with Crippen molar-refractivity contribution in [1.82, 2.24) is 29.5 Å². The first-order chi connectivity index (χ1) is 12.4. The molecule has 2 aromatic carbocycles. The predicted molar refractivity (Wildman–Crippen MR) is 96.2 cm³/mol. The molecule has 0 fully saturated rings. The van der Waals surface area contributed by atoms with Gasteiger partial charge >= 0.3 is 0 Å². The number of nitrogens with one attached hydrogen (secondary N) is 2. The quantitative estimate of drug-likeness (QED) is 0.529. The summed E-state index contributed by atoms with van der Waals surface area (Å²) < 4.78 is 2.00. The predicted octanol–water partition coefficient (Wildman–Crippen LogP) is 3.81. The largest absolute Gasteiger partial charge is 0.342 e. The van der Waals surface area contributed by atoms with E-state index in [0.29, 0.717) is 0 Å². The number of nitrogens with zero attached hydrogens (tertiary/aromatic N) is 4. The minimum atomic E-state index is 0.735. The lowest BCUT2D eigenvalue weighted by Crippen LogP contribution is -1.98. The van der Waals surface area contributed by atoms with E-state index in [4.69, 9.17) is 0 Å². The minimum Gasteiger partial charge on any atom is -0.342 e. The average molecular weight is 326 g/mol. The number of imidazole rings is 3. The van der Waals surface area contributed by atoms with Crippen LogP contribution in [0, 0.1) is 0 Å². The van der Waals surface area contributed by atoms with Crippen molar-refractivity contribution in [3.05, 3.63) is 73.3 Å². The highest BCUT2D eigenvalue weighted by Gasteiger charge is 2.11. The third-order valence-corrected chi connectivity index (χ3v) is 4.14. The summed E-state index contributed by atoms with van der Waals surface area (Å²) in [5.74, 6) is 2.36. The Labute approximate surface area is 143 Å². The fourth-order valence-corrected chi connectivity index (χ4v) is 2.97. The van der Waals surface area contributed by atoms with Crippen molar-refractivity contribution in [1.29, 1.82) is 0 Å². The molecule has 0 saturated carbocycles. The summed E-state index contributed by atoms with van der Waals surface area (Å²) in [6.07, 6.45) is 7.21. The van der Waals surface area contributed by atoms with Gasteiger partial charge in [0.15, 0.2) is 11.6 Å². The van der Waals surface area contributed by atoms with E-state index in [-0.39, 0.29) is 0 Å². The highest BCUT2D eigenvalue weighted by atomic mass is 15.1. The van der Waals surface area contributed by atoms with Crippen LogP contribution in [0.15, 0.2) is 73.3 Å². The van der Waals surface area contributed by atoms with E-state index in [2.05, 4.69) is 31.0 Å². The second-order valence-corrected chi connectivity index (χ2v) is 5.71. The molecule has 3 heterocycles. The van der Waals surface area contributed by atoms with Crippen LogP contribution < -0.4 is 0 Å². The summed E-state index contributed by atoms with van der Waals surface area (Å²) in [6, 6.07) is 16.2. The summed E-state index contributed by atoms with van der Waals surface area (Å²) in [5.41, 5.74) is 4.01. The lowest BCUT2D eigenvalue weighted by Gasteiger charge is -2.07. The van der Waals surface area contributed by atoms with Gasteiger partial charge in [-0.05, 0) is 24.3 Å². The van der Waals surface area contributed by atoms with Gasteiger partial charge in [0.1, 0.15) is 5.82 Å². The lowest BCUT2D eigenvalue weighted by molar-refractivity contribution is 1.04. The second kappa shape index (κ2) is 5.45. The van der Waals surface area contributed by atoms with E-state index in [1.807, 2.05) is 53.2 Å². The Kier molecular flexibility index (Phi) is 3.00. The van der Waals surface area contributed by atoms with Crippen LogP contribution in [0.3, 0.4) is 0 Å². The van der Waals surface area contributed by atoms with Crippen molar-refractivity contribution in [3.8, 4) is 28.7 Å². The Morgan fingerprint density at radius 2 is 1.84 bits per heavy atom. The van der Waals surface area contributed by atoms with Crippen LogP contribution >= 0.6 is 0 Å². The first-order valence-corrected chi connectivity index (χ1v) is 7.97. The van der Waals surface area contributed by atoms with Crippen LogP contribution in [0.2, 0.25) is 0 Å².